The largest absolute Gasteiger partial charge is 0.465 e. The molecule has 0 aromatic heterocycles. The fraction of sp³-hybridized carbons (Fsp3) is 0.939. The third-order valence-corrected chi connectivity index (χ3v) is 16.3. The molecule has 0 aliphatic carbocycles. The SMILES string of the molecule is CCCCCCCCCCCCCCCCCCCCCCCCCCCCCCCCCCCCCCCCCCCC/C=C/CCCCCCCCCCCC1CC(=O)OCC(CO)(CO)COC1=O. The molecule has 1 rings (SSSR count). The normalized spacial score (nSPS) is 15.2. The fourth-order valence-corrected chi connectivity index (χ4v) is 10.9. The van der Waals surface area contributed by atoms with Gasteiger partial charge in [-0.05, 0) is 32.1 Å². The van der Waals surface area contributed by atoms with Gasteiger partial charge in [-0.1, -0.05) is 334 Å². The van der Waals surface area contributed by atoms with Crippen molar-refractivity contribution < 1.29 is 29.3 Å². The Labute approximate surface area is 449 Å². The minimum Gasteiger partial charge on any atom is -0.465 e. The number of allylic oxidation sites excluding steroid dienone is 2. The molecule has 0 amide bonds. The second-order valence-electron chi connectivity index (χ2n) is 23.5. The van der Waals surface area contributed by atoms with Crippen LogP contribution in [-0.4, -0.2) is 48.6 Å². The van der Waals surface area contributed by atoms with Crippen LogP contribution in [0.2, 0.25) is 0 Å². The number of ether oxygens (including phenoxy) is 2. The van der Waals surface area contributed by atoms with E-state index < -0.39 is 36.5 Å². The van der Waals surface area contributed by atoms with E-state index >= 15 is 0 Å². The van der Waals surface area contributed by atoms with E-state index in [0.717, 1.165) is 19.3 Å². The lowest BCUT2D eigenvalue weighted by Crippen LogP contribution is -2.40. The molecule has 1 unspecified atom stereocenters. The summed E-state index contributed by atoms with van der Waals surface area (Å²) in [5, 5.41) is 19.2. The van der Waals surface area contributed by atoms with Crippen LogP contribution >= 0.6 is 0 Å². The third-order valence-electron chi connectivity index (χ3n) is 16.3. The smallest absolute Gasteiger partial charge is 0.309 e. The molecular weight excluding hydrogens is 889 g/mol. The van der Waals surface area contributed by atoms with E-state index in [0.29, 0.717) is 6.42 Å². The van der Waals surface area contributed by atoms with Gasteiger partial charge in [-0.15, -0.1) is 0 Å². The topological polar surface area (TPSA) is 93.1 Å². The Morgan fingerprint density at radius 2 is 0.597 bits per heavy atom. The van der Waals surface area contributed by atoms with Gasteiger partial charge in [0.05, 0.1) is 31.0 Å². The molecule has 1 aliphatic heterocycles. The highest BCUT2D eigenvalue weighted by Crippen LogP contribution is 2.25. The second-order valence-corrected chi connectivity index (χ2v) is 23.5. The first kappa shape index (κ1) is 68.6. The number of aliphatic hydroxyl groups excluding tert-OH is 2. The van der Waals surface area contributed by atoms with Gasteiger partial charge in [-0.2, -0.15) is 0 Å². The molecular formula is C66H126O6. The molecule has 426 valence electrons. The van der Waals surface area contributed by atoms with Crippen LogP contribution in [0.3, 0.4) is 0 Å². The van der Waals surface area contributed by atoms with Crippen molar-refractivity contribution in [1.29, 1.82) is 0 Å². The fourth-order valence-electron chi connectivity index (χ4n) is 10.9. The van der Waals surface area contributed by atoms with Gasteiger partial charge in [0, 0.05) is 0 Å². The molecule has 0 aromatic carbocycles. The summed E-state index contributed by atoms with van der Waals surface area (Å²) in [5.41, 5.74) is -1.13. The predicted octanol–water partition coefficient (Wildman–Crippen LogP) is 20.7. The van der Waals surface area contributed by atoms with Crippen LogP contribution in [-0.2, 0) is 19.1 Å². The summed E-state index contributed by atoms with van der Waals surface area (Å²) in [6.45, 7) is 1.20. The molecule has 2 N–H and O–H groups in total. The summed E-state index contributed by atoms with van der Waals surface area (Å²) in [6.07, 6.45) is 80.2. The van der Waals surface area contributed by atoms with E-state index in [1.165, 1.54) is 321 Å². The van der Waals surface area contributed by atoms with Crippen molar-refractivity contribution in [3.8, 4) is 0 Å². The van der Waals surface area contributed by atoms with Gasteiger partial charge in [0.2, 0.25) is 0 Å². The molecule has 0 spiro atoms. The Kier molecular flexibility index (Phi) is 53.2. The van der Waals surface area contributed by atoms with Gasteiger partial charge in [0.25, 0.3) is 0 Å². The predicted molar refractivity (Wildman–Crippen MR) is 311 cm³/mol. The Morgan fingerprint density at radius 1 is 0.361 bits per heavy atom. The first-order valence-electron chi connectivity index (χ1n) is 32.8. The molecule has 72 heavy (non-hydrogen) atoms. The van der Waals surface area contributed by atoms with E-state index in [9.17, 15) is 19.8 Å². The summed E-state index contributed by atoms with van der Waals surface area (Å²) in [5.74, 6) is -1.41. The number of hydrogen-bond donors (Lipinski definition) is 2. The number of unbranched alkanes of at least 4 members (excludes halogenated alkanes) is 51. The quantitative estimate of drug-likeness (QED) is 0.0358. The molecule has 6 heteroatoms. The van der Waals surface area contributed by atoms with Crippen molar-refractivity contribution in [2.24, 2.45) is 11.3 Å². The number of hydrogen-bond acceptors (Lipinski definition) is 6. The van der Waals surface area contributed by atoms with E-state index in [-0.39, 0.29) is 19.6 Å². The molecule has 1 fully saturated rings. The van der Waals surface area contributed by atoms with Crippen LogP contribution in [0.5, 0.6) is 0 Å². The number of rotatable bonds is 57. The van der Waals surface area contributed by atoms with Crippen LogP contribution in [0.15, 0.2) is 12.2 Å². The molecule has 1 aliphatic rings. The first-order valence-corrected chi connectivity index (χ1v) is 32.8. The summed E-state index contributed by atoms with van der Waals surface area (Å²) >= 11 is 0. The van der Waals surface area contributed by atoms with Crippen LogP contribution in [0.4, 0.5) is 0 Å². The standard InChI is InChI=1S/C66H126O6/c1-2-3-4-5-6-7-8-9-10-11-12-13-14-15-16-17-18-19-20-21-22-23-24-25-26-27-28-29-30-31-32-33-34-35-36-37-38-39-40-41-42-43-44-45-46-47-48-49-50-51-52-53-54-55-56-57-63-58-64(69)71-61-66(59-67,60-68)62-72-65(63)70/h45-46,63,67-68H,2-44,47-62H2,1H3/b46-45+. The van der Waals surface area contributed by atoms with Crippen molar-refractivity contribution >= 4 is 11.9 Å². The van der Waals surface area contributed by atoms with Crippen molar-refractivity contribution in [3.63, 3.8) is 0 Å². The van der Waals surface area contributed by atoms with Gasteiger partial charge in [0.15, 0.2) is 0 Å². The van der Waals surface area contributed by atoms with E-state index in [1.54, 1.807) is 0 Å². The van der Waals surface area contributed by atoms with E-state index in [4.69, 9.17) is 9.47 Å². The zero-order chi connectivity index (χ0) is 51.8. The zero-order valence-electron chi connectivity index (χ0n) is 48.5. The maximum Gasteiger partial charge on any atom is 0.309 e. The Hall–Kier alpha value is -1.40. The zero-order valence-corrected chi connectivity index (χ0v) is 48.5. The van der Waals surface area contributed by atoms with Crippen molar-refractivity contribution in [2.75, 3.05) is 26.4 Å². The van der Waals surface area contributed by atoms with Gasteiger partial charge < -0.3 is 19.7 Å². The summed E-state index contributed by atoms with van der Waals surface area (Å²) < 4.78 is 10.6. The molecule has 0 saturated carbocycles. The summed E-state index contributed by atoms with van der Waals surface area (Å²) in [4.78, 5) is 24.7. The molecule has 1 heterocycles. The molecule has 0 radical (unpaired) electrons. The number of carbonyl (C=O) groups excluding carboxylic acids is 2. The highest BCUT2D eigenvalue weighted by Gasteiger charge is 2.36. The molecule has 1 saturated heterocycles. The summed E-state index contributed by atoms with van der Waals surface area (Å²) in [7, 11) is 0. The van der Waals surface area contributed by atoms with E-state index in [2.05, 4.69) is 19.1 Å². The lowest BCUT2D eigenvalue weighted by Gasteiger charge is -2.27. The monoisotopic (exact) mass is 1010 g/mol. The van der Waals surface area contributed by atoms with Gasteiger partial charge >= 0.3 is 11.9 Å². The highest BCUT2D eigenvalue weighted by molar-refractivity contribution is 5.80. The lowest BCUT2D eigenvalue weighted by molar-refractivity contribution is -0.155. The minimum atomic E-state index is -1.13. The molecule has 6 nitrogen and oxygen atoms in total. The van der Waals surface area contributed by atoms with Crippen molar-refractivity contribution in [1.82, 2.24) is 0 Å². The lowest BCUT2D eigenvalue weighted by atomic mass is 9.92. The Morgan fingerprint density at radius 3 is 0.861 bits per heavy atom. The highest BCUT2D eigenvalue weighted by atomic mass is 16.6. The average molecular weight is 1020 g/mol. The number of cyclic esters (lactones) is 2. The number of aliphatic hydroxyl groups is 2. The summed E-state index contributed by atoms with van der Waals surface area (Å²) in [6, 6.07) is 0. The van der Waals surface area contributed by atoms with Gasteiger partial charge in [-0.3, -0.25) is 9.59 Å². The van der Waals surface area contributed by atoms with E-state index in [1.807, 2.05) is 0 Å². The average Bonchev–Trinajstić information content (AvgIpc) is 3.45. The van der Waals surface area contributed by atoms with Crippen LogP contribution in [0, 0.1) is 11.3 Å². The maximum absolute atomic E-state index is 12.5. The van der Waals surface area contributed by atoms with Crippen LogP contribution < -0.4 is 0 Å². The molecule has 0 bridgehead atoms. The number of carbonyl (C=O) groups is 2. The molecule has 1 atom stereocenters. The maximum atomic E-state index is 12.5. The van der Waals surface area contributed by atoms with Gasteiger partial charge in [0.1, 0.15) is 13.2 Å². The second kappa shape index (κ2) is 55.8. The Balaban J connectivity index is 1.68. The third kappa shape index (κ3) is 47.1. The molecule has 0 aromatic rings. The van der Waals surface area contributed by atoms with Crippen molar-refractivity contribution in [2.45, 2.75) is 360 Å². The van der Waals surface area contributed by atoms with Crippen LogP contribution in [0.25, 0.3) is 0 Å². The first-order chi connectivity index (χ1) is 35.6. The van der Waals surface area contributed by atoms with Gasteiger partial charge in [-0.25, -0.2) is 0 Å². The Bertz CT molecular complexity index is 1130. The minimum absolute atomic E-state index is 0.000808. The van der Waals surface area contributed by atoms with Crippen LogP contribution in [0.1, 0.15) is 360 Å². The van der Waals surface area contributed by atoms with Crippen molar-refractivity contribution in [3.05, 3.63) is 12.2 Å². The number of esters is 2.